The lowest BCUT2D eigenvalue weighted by Crippen LogP contribution is -1.99. The highest BCUT2D eigenvalue weighted by Crippen LogP contribution is 2.15. The van der Waals surface area contributed by atoms with E-state index < -0.39 is 0 Å². The number of aliphatic hydroxyl groups is 2. The number of aromatic nitrogens is 2. The fourth-order valence-corrected chi connectivity index (χ4v) is 1.75. The van der Waals surface area contributed by atoms with Crippen molar-refractivity contribution in [3.63, 3.8) is 0 Å². The maximum absolute atomic E-state index is 8.91. The summed E-state index contributed by atoms with van der Waals surface area (Å²) in [6.07, 6.45) is 1.09. The zero-order valence-electron chi connectivity index (χ0n) is 10.1. The number of rotatable bonds is 5. The molecule has 94 valence electrons. The smallest absolute Gasteiger partial charge is 0.0889 e. The zero-order valence-corrected chi connectivity index (χ0v) is 10.1. The third kappa shape index (κ3) is 3.12. The topological polar surface area (TPSA) is 66.2 Å². The molecule has 0 aromatic carbocycles. The molecule has 4 nitrogen and oxygen atoms in total. The van der Waals surface area contributed by atoms with Crippen LogP contribution < -0.4 is 0 Å². The molecule has 18 heavy (non-hydrogen) atoms. The Morgan fingerprint density at radius 3 is 1.56 bits per heavy atom. The van der Waals surface area contributed by atoms with E-state index in [0.29, 0.717) is 12.8 Å². The molecule has 2 aromatic heterocycles. The van der Waals surface area contributed by atoms with Gasteiger partial charge in [-0.05, 0) is 24.3 Å². The molecular formula is C14H16N2O2. The molecule has 0 aliphatic carbocycles. The van der Waals surface area contributed by atoms with Crippen LogP contribution in [0.3, 0.4) is 0 Å². The molecule has 4 heteroatoms. The molecule has 0 spiro atoms. The van der Waals surface area contributed by atoms with Crippen LogP contribution in [0.25, 0.3) is 11.4 Å². The summed E-state index contributed by atoms with van der Waals surface area (Å²) in [5.74, 6) is 0. The Morgan fingerprint density at radius 2 is 1.17 bits per heavy atom. The molecule has 2 N–H and O–H groups in total. The zero-order chi connectivity index (χ0) is 12.8. The van der Waals surface area contributed by atoms with Gasteiger partial charge in [0.2, 0.25) is 0 Å². The minimum Gasteiger partial charge on any atom is -0.396 e. The molecule has 2 aromatic rings. The van der Waals surface area contributed by atoms with Crippen LogP contribution in [0, 0.1) is 0 Å². The van der Waals surface area contributed by atoms with Gasteiger partial charge in [-0.3, -0.25) is 9.97 Å². The van der Waals surface area contributed by atoms with Gasteiger partial charge in [-0.15, -0.1) is 0 Å². The molecule has 0 aliphatic rings. The van der Waals surface area contributed by atoms with E-state index in [9.17, 15) is 0 Å². The summed E-state index contributed by atoms with van der Waals surface area (Å²) in [6.45, 7) is 0.183. The van der Waals surface area contributed by atoms with Crippen molar-refractivity contribution in [3.05, 3.63) is 47.8 Å². The lowest BCUT2D eigenvalue weighted by molar-refractivity contribution is 0.297. The van der Waals surface area contributed by atoms with Gasteiger partial charge in [-0.1, -0.05) is 12.1 Å². The molecule has 0 atom stereocenters. The van der Waals surface area contributed by atoms with Crippen molar-refractivity contribution < 1.29 is 10.2 Å². The van der Waals surface area contributed by atoms with Crippen LogP contribution >= 0.6 is 0 Å². The third-order valence-corrected chi connectivity index (χ3v) is 2.61. The second kappa shape index (κ2) is 6.23. The van der Waals surface area contributed by atoms with Gasteiger partial charge in [-0.25, -0.2) is 0 Å². The minimum atomic E-state index is 0.0917. The molecule has 2 heterocycles. The van der Waals surface area contributed by atoms with Crippen LogP contribution in [0.2, 0.25) is 0 Å². The largest absolute Gasteiger partial charge is 0.396 e. The first kappa shape index (κ1) is 12.7. The molecule has 0 bridgehead atoms. The summed E-state index contributed by atoms with van der Waals surface area (Å²) in [4.78, 5) is 8.90. The second-order valence-corrected chi connectivity index (χ2v) is 3.98. The van der Waals surface area contributed by atoms with Crippen LogP contribution in [0.4, 0.5) is 0 Å². The monoisotopic (exact) mass is 244 g/mol. The van der Waals surface area contributed by atoms with Crippen LogP contribution in [0.1, 0.15) is 11.4 Å². The van der Waals surface area contributed by atoms with Gasteiger partial charge >= 0.3 is 0 Å². The van der Waals surface area contributed by atoms with Crippen molar-refractivity contribution in [1.29, 1.82) is 0 Å². The SMILES string of the molecule is OCCc1cccc(-c2cccc(CCO)n2)n1. The predicted octanol–water partition coefficient (Wildman–Crippen LogP) is 1.21. The van der Waals surface area contributed by atoms with E-state index in [2.05, 4.69) is 9.97 Å². The molecule has 0 saturated heterocycles. The molecule has 0 saturated carbocycles. The Labute approximate surface area is 106 Å². The van der Waals surface area contributed by atoms with Crippen molar-refractivity contribution in [2.24, 2.45) is 0 Å². The summed E-state index contributed by atoms with van der Waals surface area (Å²) >= 11 is 0. The van der Waals surface area contributed by atoms with E-state index >= 15 is 0 Å². The molecule has 0 radical (unpaired) electrons. The van der Waals surface area contributed by atoms with Crippen molar-refractivity contribution in [3.8, 4) is 11.4 Å². The first-order chi connectivity index (χ1) is 8.83. The Kier molecular flexibility index (Phi) is 4.39. The number of hydrogen-bond donors (Lipinski definition) is 2. The highest BCUT2D eigenvalue weighted by molar-refractivity contribution is 5.54. The van der Waals surface area contributed by atoms with E-state index in [4.69, 9.17) is 10.2 Å². The van der Waals surface area contributed by atoms with Crippen LogP contribution in [-0.4, -0.2) is 33.4 Å². The normalized spacial score (nSPS) is 10.6. The van der Waals surface area contributed by atoms with Gasteiger partial charge < -0.3 is 10.2 Å². The number of hydrogen-bond acceptors (Lipinski definition) is 4. The summed E-state index contributed by atoms with van der Waals surface area (Å²) in [6, 6.07) is 11.4. The van der Waals surface area contributed by atoms with Crippen LogP contribution in [0.15, 0.2) is 36.4 Å². The Hall–Kier alpha value is -1.78. The maximum atomic E-state index is 8.91. The average molecular weight is 244 g/mol. The fourth-order valence-electron chi connectivity index (χ4n) is 1.75. The van der Waals surface area contributed by atoms with Gasteiger partial charge in [0.1, 0.15) is 0 Å². The molecular weight excluding hydrogens is 228 g/mol. The first-order valence-corrected chi connectivity index (χ1v) is 5.97. The van der Waals surface area contributed by atoms with E-state index in [1.54, 1.807) is 0 Å². The van der Waals surface area contributed by atoms with Gasteiger partial charge in [0.05, 0.1) is 11.4 Å². The average Bonchev–Trinajstić information content (AvgIpc) is 2.40. The van der Waals surface area contributed by atoms with Gasteiger partial charge in [-0.2, -0.15) is 0 Å². The van der Waals surface area contributed by atoms with E-state index in [1.165, 1.54) is 0 Å². The highest BCUT2D eigenvalue weighted by Gasteiger charge is 2.03. The minimum absolute atomic E-state index is 0.0917. The van der Waals surface area contributed by atoms with Crippen molar-refractivity contribution in [2.45, 2.75) is 12.8 Å². The van der Waals surface area contributed by atoms with E-state index in [1.807, 2.05) is 36.4 Å². The maximum Gasteiger partial charge on any atom is 0.0889 e. The second-order valence-electron chi connectivity index (χ2n) is 3.98. The van der Waals surface area contributed by atoms with Crippen LogP contribution in [-0.2, 0) is 12.8 Å². The summed E-state index contributed by atoms with van der Waals surface area (Å²) in [7, 11) is 0. The number of aliphatic hydroxyl groups excluding tert-OH is 2. The summed E-state index contributed by atoms with van der Waals surface area (Å²) < 4.78 is 0. The third-order valence-electron chi connectivity index (χ3n) is 2.61. The van der Waals surface area contributed by atoms with E-state index in [-0.39, 0.29) is 13.2 Å². The van der Waals surface area contributed by atoms with Crippen molar-refractivity contribution >= 4 is 0 Å². The fraction of sp³-hybridized carbons (Fsp3) is 0.286. The first-order valence-electron chi connectivity index (χ1n) is 5.97. The molecule has 0 fully saturated rings. The van der Waals surface area contributed by atoms with Gasteiger partial charge in [0, 0.05) is 37.4 Å². The Bertz CT molecular complexity index is 467. The number of pyridine rings is 2. The highest BCUT2D eigenvalue weighted by atomic mass is 16.3. The lowest BCUT2D eigenvalue weighted by Gasteiger charge is -2.05. The van der Waals surface area contributed by atoms with Gasteiger partial charge in [0.15, 0.2) is 0 Å². The predicted molar refractivity (Wildman–Crippen MR) is 69.0 cm³/mol. The van der Waals surface area contributed by atoms with Crippen LogP contribution in [0.5, 0.6) is 0 Å². The molecule has 2 rings (SSSR count). The Morgan fingerprint density at radius 1 is 0.722 bits per heavy atom. The molecule has 0 aliphatic heterocycles. The standard InChI is InChI=1S/C14H16N2O2/c17-9-7-11-3-1-5-13(15-11)14-6-2-4-12(16-14)8-10-18/h1-6,17-18H,7-10H2. The van der Waals surface area contributed by atoms with Crippen molar-refractivity contribution in [2.75, 3.05) is 13.2 Å². The molecule has 0 amide bonds. The quantitative estimate of drug-likeness (QED) is 0.829. The van der Waals surface area contributed by atoms with Crippen molar-refractivity contribution in [1.82, 2.24) is 9.97 Å². The summed E-state index contributed by atoms with van der Waals surface area (Å²) in [5, 5.41) is 17.8. The lowest BCUT2D eigenvalue weighted by atomic mass is 10.2. The summed E-state index contributed by atoms with van der Waals surface area (Å²) in [5.41, 5.74) is 3.29. The number of nitrogens with zero attached hydrogens (tertiary/aromatic N) is 2. The Balaban J connectivity index is 2.29. The van der Waals surface area contributed by atoms with E-state index in [0.717, 1.165) is 22.8 Å². The molecule has 0 unspecified atom stereocenters. The van der Waals surface area contributed by atoms with Gasteiger partial charge in [0.25, 0.3) is 0 Å².